The first kappa shape index (κ1) is 14.4. The van der Waals surface area contributed by atoms with Gasteiger partial charge >= 0.3 is 0 Å². The molecule has 0 bridgehead atoms. The Bertz CT molecular complexity index is 527. The first-order valence-electron chi connectivity index (χ1n) is 7.03. The quantitative estimate of drug-likeness (QED) is 0.834. The summed E-state index contributed by atoms with van der Waals surface area (Å²) in [7, 11) is 0. The van der Waals surface area contributed by atoms with Gasteiger partial charge in [-0.2, -0.15) is 0 Å². The van der Waals surface area contributed by atoms with Crippen molar-refractivity contribution in [3.05, 3.63) is 45.0 Å². The van der Waals surface area contributed by atoms with Crippen LogP contribution in [0.3, 0.4) is 0 Å². The minimum absolute atomic E-state index is 0.271. The number of hydrogen-bond donors (Lipinski definition) is 1. The molecule has 2 aromatic heterocycles. The van der Waals surface area contributed by atoms with Crippen LogP contribution < -0.4 is 5.32 Å². The van der Waals surface area contributed by atoms with Crippen LogP contribution in [0.15, 0.2) is 21.9 Å². The maximum Gasteiger partial charge on any atom is 0.106 e. The number of thiophene rings is 1. The Hall–Kier alpha value is -1.06. The van der Waals surface area contributed by atoms with Gasteiger partial charge in [-0.3, -0.25) is 0 Å². The fraction of sp³-hybridized carbons (Fsp3) is 0.500. The Balaban J connectivity index is 2.38. The molecule has 1 atom stereocenters. The molecule has 0 aromatic carbocycles. The molecular formula is C16H23NOS. The third-order valence-corrected chi connectivity index (χ3v) is 4.44. The van der Waals surface area contributed by atoms with Crippen molar-refractivity contribution in [2.75, 3.05) is 6.54 Å². The molecule has 2 aromatic rings. The zero-order valence-electron chi connectivity index (χ0n) is 12.2. The van der Waals surface area contributed by atoms with Gasteiger partial charge in [0.1, 0.15) is 11.5 Å². The molecule has 104 valence electrons. The largest absolute Gasteiger partial charge is 0.466 e. The van der Waals surface area contributed by atoms with E-state index in [1.54, 1.807) is 0 Å². The topological polar surface area (TPSA) is 25.2 Å². The standard InChI is InChI=1S/C16H23NOS/c1-5-8-17-15(14-10-11(3)18-12(14)4)16-13(6-2)7-9-19-16/h7,9-10,15,17H,5-6,8H2,1-4H3. The summed E-state index contributed by atoms with van der Waals surface area (Å²) in [6.07, 6.45) is 2.22. The molecule has 0 fully saturated rings. The second-order valence-corrected chi connectivity index (χ2v) is 5.87. The molecule has 1 N–H and O–H groups in total. The average Bonchev–Trinajstić information content (AvgIpc) is 2.97. The fourth-order valence-electron chi connectivity index (χ4n) is 2.46. The summed E-state index contributed by atoms with van der Waals surface area (Å²) in [6, 6.07) is 4.68. The third kappa shape index (κ3) is 3.10. The van der Waals surface area contributed by atoms with Crippen molar-refractivity contribution in [1.29, 1.82) is 0 Å². The molecule has 0 aliphatic heterocycles. The normalized spacial score (nSPS) is 12.8. The van der Waals surface area contributed by atoms with E-state index in [4.69, 9.17) is 4.42 Å². The molecule has 0 spiro atoms. The van der Waals surface area contributed by atoms with Gasteiger partial charge < -0.3 is 9.73 Å². The van der Waals surface area contributed by atoms with Crippen LogP contribution in [0.2, 0.25) is 0 Å². The van der Waals surface area contributed by atoms with Crippen molar-refractivity contribution >= 4 is 11.3 Å². The summed E-state index contributed by atoms with van der Waals surface area (Å²) in [5.41, 5.74) is 2.72. The van der Waals surface area contributed by atoms with Gasteiger partial charge in [-0.15, -0.1) is 11.3 Å². The van der Waals surface area contributed by atoms with Crippen molar-refractivity contribution in [3.63, 3.8) is 0 Å². The van der Waals surface area contributed by atoms with Gasteiger partial charge in [-0.25, -0.2) is 0 Å². The highest BCUT2D eigenvalue weighted by molar-refractivity contribution is 7.10. The Morgan fingerprint density at radius 1 is 1.32 bits per heavy atom. The second kappa shape index (κ2) is 6.40. The lowest BCUT2D eigenvalue weighted by Gasteiger charge is -2.18. The van der Waals surface area contributed by atoms with Crippen molar-refractivity contribution in [3.8, 4) is 0 Å². The molecule has 2 rings (SSSR count). The molecule has 2 nitrogen and oxygen atoms in total. The van der Waals surface area contributed by atoms with Gasteiger partial charge in [0.15, 0.2) is 0 Å². The van der Waals surface area contributed by atoms with Crippen molar-refractivity contribution in [2.45, 2.75) is 46.6 Å². The average molecular weight is 277 g/mol. The Morgan fingerprint density at radius 3 is 2.68 bits per heavy atom. The molecule has 0 saturated carbocycles. The molecule has 1 unspecified atom stereocenters. The van der Waals surface area contributed by atoms with E-state index in [-0.39, 0.29) is 6.04 Å². The molecular weight excluding hydrogens is 254 g/mol. The van der Waals surface area contributed by atoms with Crippen LogP contribution in [0.25, 0.3) is 0 Å². The van der Waals surface area contributed by atoms with E-state index in [2.05, 4.69) is 43.6 Å². The maximum atomic E-state index is 5.71. The number of rotatable bonds is 6. The van der Waals surface area contributed by atoms with E-state index in [0.717, 1.165) is 30.9 Å². The SMILES string of the molecule is CCCNC(c1cc(C)oc1C)c1sccc1CC. The number of hydrogen-bond acceptors (Lipinski definition) is 3. The first-order valence-corrected chi connectivity index (χ1v) is 7.91. The molecule has 3 heteroatoms. The summed E-state index contributed by atoms with van der Waals surface area (Å²) in [4.78, 5) is 1.43. The lowest BCUT2D eigenvalue weighted by atomic mass is 10.0. The fourth-order valence-corrected chi connectivity index (χ4v) is 3.55. The molecule has 0 aliphatic carbocycles. The monoisotopic (exact) mass is 277 g/mol. The smallest absolute Gasteiger partial charge is 0.106 e. The number of aryl methyl sites for hydroxylation is 3. The van der Waals surface area contributed by atoms with Crippen LogP contribution in [0.1, 0.15) is 53.8 Å². The van der Waals surface area contributed by atoms with E-state index >= 15 is 0 Å². The van der Waals surface area contributed by atoms with Gasteiger partial charge in [-0.05, 0) is 56.3 Å². The Labute approximate surface area is 119 Å². The van der Waals surface area contributed by atoms with Gasteiger partial charge in [0.2, 0.25) is 0 Å². The summed E-state index contributed by atoms with van der Waals surface area (Å²) in [6.45, 7) is 9.52. The van der Waals surface area contributed by atoms with Crippen LogP contribution in [0.4, 0.5) is 0 Å². The Kier molecular flexibility index (Phi) is 4.83. The van der Waals surface area contributed by atoms with Gasteiger partial charge in [-0.1, -0.05) is 13.8 Å². The maximum absolute atomic E-state index is 5.71. The van der Waals surface area contributed by atoms with E-state index < -0.39 is 0 Å². The highest BCUT2D eigenvalue weighted by atomic mass is 32.1. The molecule has 0 radical (unpaired) electrons. The minimum Gasteiger partial charge on any atom is -0.466 e. The summed E-state index contributed by atoms with van der Waals surface area (Å²) in [5.74, 6) is 2.02. The summed E-state index contributed by atoms with van der Waals surface area (Å²) in [5, 5.41) is 5.86. The Morgan fingerprint density at radius 2 is 2.11 bits per heavy atom. The molecule has 2 heterocycles. The second-order valence-electron chi connectivity index (χ2n) is 4.92. The number of furan rings is 1. The van der Waals surface area contributed by atoms with Crippen LogP contribution in [0.5, 0.6) is 0 Å². The molecule has 0 aliphatic rings. The lowest BCUT2D eigenvalue weighted by molar-refractivity contribution is 0.494. The summed E-state index contributed by atoms with van der Waals surface area (Å²) < 4.78 is 5.71. The van der Waals surface area contributed by atoms with Crippen LogP contribution >= 0.6 is 11.3 Å². The van der Waals surface area contributed by atoms with E-state index in [0.29, 0.717) is 0 Å². The minimum atomic E-state index is 0.271. The van der Waals surface area contributed by atoms with Gasteiger partial charge in [0.25, 0.3) is 0 Å². The highest BCUT2D eigenvalue weighted by Gasteiger charge is 2.21. The first-order chi connectivity index (χ1) is 9.17. The number of nitrogens with one attached hydrogen (secondary N) is 1. The highest BCUT2D eigenvalue weighted by Crippen LogP contribution is 2.33. The third-order valence-electron chi connectivity index (χ3n) is 3.41. The zero-order valence-corrected chi connectivity index (χ0v) is 13.1. The van der Waals surface area contributed by atoms with E-state index in [9.17, 15) is 0 Å². The predicted octanol–water partition coefficient (Wildman–Crippen LogP) is 4.61. The predicted molar refractivity (Wildman–Crippen MR) is 82.0 cm³/mol. The zero-order chi connectivity index (χ0) is 13.8. The van der Waals surface area contributed by atoms with Crippen molar-refractivity contribution in [1.82, 2.24) is 5.32 Å². The van der Waals surface area contributed by atoms with Gasteiger partial charge in [0.05, 0.1) is 6.04 Å². The van der Waals surface area contributed by atoms with E-state index in [1.165, 1.54) is 16.0 Å². The lowest BCUT2D eigenvalue weighted by Crippen LogP contribution is -2.23. The van der Waals surface area contributed by atoms with Crippen molar-refractivity contribution < 1.29 is 4.42 Å². The van der Waals surface area contributed by atoms with E-state index in [1.807, 2.05) is 18.3 Å². The van der Waals surface area contributed by atoms with Crippen LogP contribution in [-0.4, -0.2) is 6.54 Å². The van der Waals surface area contributed by atoms with Gasteiger partial charge in [0, 0.05) is 10.4 Å². The molecule has 0 saturated heterocycles. The van der Waals surface area contributed by atoms with Crippen LogP contribution in [0, 0.1) is 13.8 Å². The molecule has 19 heavy (non-hydrogen) atoms. The van der Waals surface area contributed by atoms with Crippen LogP contribution in [-0.2, 0) is 6.42 Å². The summed E-state index contributed by atoms with van der Waals surface area (Å²) >= 11 is 1.84. The van der Waals surface area contributed by atoms with Crippen molar-refractivity contribution in [2.24, 2.45) is 0 Å². The molecule has 0 amide bonds.